The Labute approximate surface area is 113 Å². The van der Waals surface area contributed by atoms with Crippen LogP contribution in [0.1, 0.15) is 5.56 Å². The van der Waals surface area contributed by atoms with E-state index in [-0.39, 0.29) is 0 Å². The van der Waals surface area contributed by atoms with E-state index in [1.807, 2.05) is 43.3 Å². The van der Waals surface area contributed by atoms with Crippen molar-refractivity contribution < 1.29 is 4.74 Å². The summed E-state index contributed by atoms with van der Waals surface area (Å²) in [6, 6.07) is 11.8. The number of benzene rings is 2. The van der Waals surface area contributed by atoms with Crippen LogP contribution in [0, 0.1) is 6.92 Å². The van der Waals surface area contributed by atoms with Crippen molar-refractivity contribution in [3.05, 3.63) is 42.0 Å². The highest BCUT2D eigenvalue weighted by atomic mass is 79.9. The summed E-state index contributed by atoms with van der Waals surface area (Å²) in [5.41, 5.74) is 5.08. The van der Waals surface area contributed by atoms with Crippen molar-refractivity contribution in [2.45, 2.75) is 6.92 Å². The van der Waals surface area contributed by atoms with Crippen LogP contribution >= 0.6 is 15.9 Å². The number of nitrogens with zero attached hydrogens (tertiary/aromatic N) is 2. The normalized spacial score (nSPS) is 11.0. The molecule has 3 aromatic rings. The first-order chi connectivity index (χ1) is 8.78. The Kier molecular flexibility index (Phi) is 2.88. The molecule has 2 aromatic carbocycles. The summed E-state index contributed by atoms with van der Waals surface area (Å²) in [7, 11) is 0. The van der Waals surface area contributed by atoms with Gasteiger partial charge in [0, 0.05) is 0 Å². The Morgan fingerprint density at radius 3 is 2.78 bits per heavy atom. The number of alkyl halides is 1. The van der Waals surface area contributed by atoms with Crippen molar-refractivity contribution in [1.29, 1.82) is 0 Å². The van der Waals surface area contributed by atoms with Gasteiger partial charge in [-0.2, -0.15) is 0 Å². The van der Waals surface area contributed by atoms with Gasteiger partial charge in [0.05, 0.1) is 16.6 Å². The van der Waals surface area contributed by atoms with E-state index in [4.69, 9.17) is 4.74 Å². The predicted octanol–water partition coefficient (Wildman–Crippen LogP) is 3.82. The van der Waals surface area contributed by atoms with Crippen LogP contribution in [0.15, 0.2) is 36.4 Å². The van der Waals surface area contributed by atoms with Gasteiger partial charge in [0.15, 0.2) is 0 Å². The zero-order valence-corrected chi connectivity index (χ0v) is 11.4. The Balaban J connectivity index is 2.34. The molecule has 0 radical (unpaired) electrons. The highest BCUT2D eigenvalue weighted by molar-refractivity contribution is 9.09. The van der Waals surface area contributed by atoms with E-state index in [0.29, 0.717) is 5.52 Å². The van der Waals surface area contributed by atoms with Crippen molar-refractivity contribution in [2.24, 2.45) is 0 Å². The standard InChI is InChI=1S/C14H11BrN2O/c1-9-5-6-10-12(7-9)17-14-11(16-10)3-2-4-13(14)18-8-15/h2-7H,8H2,1H3. The predicted molar refractivity (Wildman–Crippen MR) is 76.2 cm³/mol. The maximum absolute atomic E-state index is 5.51. The summed E-state index contributed by atoms with van der Waals surface area (Å²) >= 11 is 3.26. The smallest absolute Gasteiger partial charge is 0.148 e. The van der Waals surface area contributed by atoms with E-state index in [1.165, 1.54) is 5.56 Å². The third kappa shape index (κ3) is 1.93. The highest BCUT2D eigenvalue weighted by Gasteiger charge is 2.06. The maximum Gasteiger partial charge on any atom is 0.148 e. The van der Waals surface area contributed by atoms with Crippen LogP contribution in [0.5, 0.6) is 5.75 Å². The number of halogens is 1. The molecule has 0 aliphatic rings. The first-order valence-electron chi connectivity index (χ1n) is 5.64. The van der Waals surface area contributed by atoms with E-state index in [0.717, 1.165) is 27.8 Å². The van der Waals surface area contributed by atoms with Gasteiger partial charge >= 0.3 is 0 Å². The fraction of sp³-hybridized carbons (Fsp3) is 0.143. The van der Waals surface area contributed by atoms with Crippen LogP contribution in [0.3, 0.4) is 0 Å². The first kappa shape index (κ1) is 11.4. The first-order valence-corrected chi connectivity index (χ1v) is 6.76. The molecular weight excluding hydrogens is 292 g/mol. The maximum atomic E-state index is 5.51. The van der Waals surface area contributed by atoms with Crippen molar-refractivity contribution in [1.82, 2.24) is 9.97 Å². The summed E-state index contributed by atoms with van der Waals surface area (Å²) in [6.45, 7) is 2.05. The minimum absolute atomic E-state index is 0.444. The van der Waals surface area contributed by atoms with Crippen LogP contribution in [0.25, 0.3) is 22.1 Å². The summed E-state index contributed by atoms with van der Waals surface area (Å²) in [6.07, 6.45) is 0. The Morgan fingerprint density at radius 2 is 1.94 bits per heavy atom. The highest BCUT2D eigenvalue weighted by Crippen LogP contribution is 2.25. The molecule has 3 rings (SSSR count). The molecule has 0 aliphatic carbocycles. The second-order valence-electron chi connectivity index (χ2n) is 4.09. The fourth-order valence-corrected chi connectivity index (χ4v) is 2.20. The minimum Gasteiger partial charge on any atom is -0.480 e. The van der Waals surface area contributed by atoms with Gasteiger partial charge in [-0.25, -0.2) is 9.97 Å². The fourth-order valence-electron chi connectivity index (χ4n) is 1.96. The zero-order valence-electron chi connectivity index (χ0n) is 9.85. The molecule has 4 heteroatoms. The van der Waals surface area contributed by atoms with Gasteiger partial charge < -0.3 is 4.74 Å². The van der Waals surface area contributed by atoms with Crippen LogP contribution in [-0.2, 0) is 0 Å². The van der Waals surface area contributed by atoms with Crippen LogP contribution < -0.4 is 4.74 Å². The number of para-hydroxylation sites is 1. The minimum atomic E-state index is 0.444. The number of hydrogen-bond acceptors (Lipinski definition) is 3. The van der Waals surface area contributed by atoms with Gasteiger partial charge in [-0.3, -0.25) is 0 Å². The summed E-state index contributed by atoms with van der Waals surface area (Å²) in [4.78, 5) is 9.25. The van der Waals surface area contributed by atoms with E-state index in [9.17, 15) is 0 Å². The molecule has 0 atom stereocenters. The third-order valence-corrected chi connectivity index (χ3v) is 3.02. The van der Waals surface area contributed by atoms with E-state index >= 15 is 0 Å². The van der Waals surface area contributed by atoms with Crippen molar-refractivity contribution >= 4 is 38.0 Å². The molecule has 0 aliphatic heterocycles. The van der Waals surface area contributed by atoms with Gasteiger partial charge in [-0.15, -0.1) is 0 Å². The van der Waals surface area contributed by atoms with E-state index in [2.05, 4.69) is 25.9 Å². The molecule has 0 spiro atoms. The second kappa shape index (κ2) is 4.53. The second-order valence-corrected chi connectivity index (χ2v) is 4.55. The molecule has 0 saturated heterocycles. The average Bonchev–Trinajstić information content (AvgIpc) is 2.37. The lowest BCUT2D eigenvalue weighted by molar-refractivity contribution is 0.402. The molecule has 0 saturated carbocycles. The zero-order chi connectivity index (χ0) is 12.5. The molecule has 3 nitrogen and oxygen atoms in total. The Morgan fingerprint density at radius 1 is 1.06 bits per heavy atom. The number of hydrogen-bond donors (Lipinski definition) is 0. The van der Waals surface area contributed by atoms with Gasteiger partial charge in [-0.05, 0) is 52.7 Å². The van der Waals surface area contributed by atoms with E-state index < -0.39 is 0 Å². The number of fused-ring (bicyclic) bond motifs is 2. The van der Waals surface area contributed by atoms with Gasteiger partial charge in [0.2, 0.25) is 0 Å². The lowest BCUT2D eigenvalue weighted by Gasteiger charge is -2.07. The number of ether oxygens (including phenoxy) is 1. The van der Waals surface area contributed by atoms with Crippen molar-refractivity contribution in [2.75, 3.05) is 5.52 Å². The third-order valence-electron chi connectivity index (χ3n) is 2.79. The molecular formula is C14H11BrN2O. The monoisotopic (exact) mass is 302 g/mol. The molecule has 1 heterocycles. The van der Waals surface area contributed by atoms with E-state index in [1.54, 1.807) is 0 Å². The number of rotatable bonds is 2. The molecule has 1 aromatic heterocycles. The molecule has 90 valence electrons. The molecule has 18 heavy (non-hydrogen) atoms. The summed E-state index contributed by atoms with van der Waals surface area (Å²) in [5, 5.41) is 0. The quantitative estimate of drug-likeness (QED) is 0.533. The van der Waals surface area contributed by atoms with Gasteiger partial charge in [0.25, 0.3) is 0 Å². The molecule has 0 N–H and O–H groups in total. The summed E-state index contributed by atoms with van der Waals surface area (Å²) in [5.74, 6) is 0.750. The number of aromatic nitrogens is 2. The SMILES string of the molecule is Cc1ccc2nc3cccc(OCBr)c3nc2c1. The molecule has 0 unspecified atom stereocenters. The van der Waals surface area contributed by atoms with Gasteiger partial charge in [-0.1, -0.05) is 12.1 Å². The topological polar surface area (TPSA) is 35.0 Å². The van der Waals surface area contributed by atoms with Crippen LogP contribution in [0.2, 0.25) is 0 Å². The lowest BCUT2D eigenvalue weighted by Crippen LogP contribution is -1.94. The Hall–Kier alpha value is -1.68. The van der Waals surface area contributed by atoms with Crippen molar-refractivity contribution in [3.63, 3.8) is 0 Å². The van der Waals surface area contributed by atoms with Crippen LogP contribution in [0.4, 0.5) is 0 Å². The molecule has 0 bridgehead atoms. The molecule has 0 fully saturated rings. The number of aryl methyl sites for hydroxylation is 1. The van der Waals surface area contributed by atoms with Gasteiger partial charge in [0.1, 0.15) is 16.8 Å². The largest absolute Gasteiger partial charge is 0.480 e. The summed E-state index contributed by atoms with van der Waals surface area (Å²) < 4.78 is 5.51. The van der Waals surface area contributed by atoms with Crippen molar-refractivity contribution in [3.8, 4) is 5.75 Å². The Bertz CT molecular complexity index is 727. The molecule has 0 amide bonds. The lowest BCUT2D eigenvalue weighted by atomic mass is 10.2. The average molecular weight is 303 g/mol. The van der Waals surface area contributed by atoms with Crippen LogP contribution in [-0.4, -0.2) is 15.5 Å².